The largest absolute Gasteiger partial charge is 0.435 e. The molecule has 0 saturated heterocycles. The van der Waals surface area contributed by atoms with Gasteiger partial charge in [0.05, 0.1) is 11.3 Å². The summed E-state index contributed by atoms with van der Waals surface area (Å²) in [5.41, 5.74) is 3.31. The molecule has 2 heterocycles. The number of rotatable bonds is 7. The molecule has 1 N–H and O–H groups in total. The summed E-state index contributed by atoms with van der Waals surface area (Å²) >= 11 is 0. The molecule has 0 saturated carbocycles. The summed E-state index contributed by atoms with van der Waals surface area (Å²) in [7, 11) is 0. The van der Waals surface area contributed by atoms with Crippen LogP contribution in [-0.4, -0.2) is 20.9 Å². The van der Waals surface area contributed by atoms with E-state index in [1.165, 1.54) is 23.8 Å². The summed E-state index contributed by atoms with van der Waals surface area (Å²) in [6.07, 6.45) is 3.89. The molecule has 4 aromatic rings. The van der Waals surface area contributed by atoms with Crippen LogP contribution in [0.2, 0.25) is 0 Å². The normalized spacial score (nSPS) is 10.9. The van der Waals surface area contributed by atoms with Crippen molar-refractivity contribution in [2.24, 2.45) is 0 Å². The minimum Gasteiger partial charge on any atom is -0.435 e. The number of hydrogen-bond donors (Lipinski definition) is 1. The van der Waals surface area contributed by atoms with E-state index in [4.69, 9.17) is 4.74 Å². The van der Waals surface area contributed by atoms with Crippen molar-refractivity contribution in [2.75, 3.05) is 5.32 Å². The molecule has 6 nitrogen and oxygen atoms in total. The number of amides is 1. The molecule has 0 spiro atoms. The fourth-order valence-corrected chi connectivity index (χ4v) is 3.37. The van der Waals surface area contributed by atoms with Crippen LogP contribution in [0.15, 0.2) is 73.1 Å². The van der Waals surface area contributed by atoms with E-state index in [9.17, 15) is 9.18 Å². The molecule has 172 valence electrons. The van der Waals surface area contributed by atoms with E-state index in [-0.39, 0.29) is 23.1 Å². The van der Waals surface area contributed by atoms with E-state index in [0.717, 1.165) is 0 Å². The van der Waals surface area contributed by atoms with Gasteiger partial charge in [-0.25, -0.2) is 19.3 Å². The van der Waals surface area contributed by atoms with Gasteiger partial charge in [0.2, 0.25) is 5.88 Å². The molecular formula is C27H25FN4O2. The summed E-state index contributed by atoms with van der Waals surface area (Å²) in [6.45, 7) is 6.17. The van der Waals surface area contributed by atoms with Crippen molar-refractivity contribution in [2.45, 2.75) is 33.1 Å². The Bertz CT molecular complexity index is 1310. The number of aryl methyl sites for hydroxylation is 1. The molecule has 0 unspecified atom stereocenters. The SMILES string of the molecule is CCc1nccc(-c2cccnc2Oc2cc(C(=O)Nc3ccc(C(C)C)cc3)ccc2F)n1. The lowest BCUT2D eigenvalue weighted by Gasteiger charge is -2.12. The van der Waals surface area contributed by atoms with E-state index in [1.54, 1.807) is 30.6 Å². The van der Waals surface area contributed by atoms with Gasteiger partial charge in [0, 0.05) is 30.1 Å². The van der Waals surface area contributed by atoms with E-state index in [0.29, 0.717) is 35.1 Å². The van der Waals surface area contributed by atoms with Gasteiger partial charge in [-0.1, -0.05) is 32.9 Å². The second kappa shape index (κ2) is 10.2. The van der Waals surface area contributed by atoms with Crippen LogP contribution in [0.25, 0.3) is 11.3 Å². The van der Waals surface area contributed by atoms with Crippen molar-refractivity contribution in [3.8, 4) is 22.9 Å². The summed E-state index contributed by atoms with van der Waals surface area (Å²) in [6, 6.07) is 16.9. The molecule has 0 atom stereocenters. The van der Waals surface area contributed by atoms with Gasteiger partial charge in [0.1, 0.15) is 5.82 Å². The van der Waals surface area contributed by atoms with E-state index in [2.05, 4.69) is 34.1 Å². The minimum absolute atomic E-state index is 0.104. The zero-order chi connectivity index (χ0) is 24.1. The lowest BCUT2D eigenvalue weighted by molar-refractivity contribution is 0.102. The number of benzene rings is 2. The molecular weight excluding hydrogens is 431 g/mol. The van der Waals surface area contributed by atoms with E-state index in [1.807, 2.05) is 31.2 Å². The fourth-order valence-electron chi connectivity index (χ4n) is 3.37. The maximum atomic E-state index is 14.6. The summed E-state index contributed by atoms with van der Waals surface area (Å²) in [5.74, 6) is 0.183. The Morgan fingerprint density at radius 3 is 2.56 bits per heavy atom. The Kier molecular flexibility index (Phi) is 6.92. The predicted octanol–water partition coefficient (Wildman–Crippen LogP) is 6.41. The molecule has 0 radical (unpaired) electrons. The molecule has 2 aromatic heterocycles. The van der Waals surface area contributed by atoms with Crippen molar-refractivity contribution in [1.29, 1.82) is 0 Å². The number of hydrogen-bond acceptors (Lipinski definition) is 5. The smallest absolute Gasteiger partial charge is 0.255 e. The zero-order valence-electron chi connectivity index (χ0n) is 19.2. The number of anilines is 1. The van der Waals surface area contributed by atoms with Crippen molar-refractivity contribution < 1.29 is 13.9 Å². The first-order valence-corrected chi connectivity index (χ1v) is 11.1. The van der Waals surface area contributed by atoms with Crippen LogP contribution in [-0.2, 0) is 6.42 Å². The van der Waals surface area contributed by atoms with Gasteiger partial charge in [0.15, 0.2) is 11.6 Å². The highest BCUT2D eigenvalue weighted by Crippen LogP contribution is 2.32. The summed E-state index contributed by atoms with van der Waals surface area (Å²) < 4.78 is 20.4. The maximum absolute atomic E-state index is 14.6. The predicted molar refractivity (Wildman–Crippen MR) is 130 cm³/mol. The van der Waals surface area contributed by atoms with E-state index < -0.39 is 5.82 Å². The second-order valence-corrected chi connectivity index (χ2v) is 8.05. The standard InChI is InChI=1S/C27H25FN4O2/c1-4-25-29-15-13-23(32-25)21-6-5-14-30-27(21)34-24-16-19(9-12-22(24)28)26(33)31-20-10-7-18(8-11-20)17(2)3/h5-17H,4H2,1-3H3,(H,31,33). The van der Waals surface area contributed by atoms with Crippen molar-refractivity contribution in [1.82, 2.24) is 15.0 Å². The number of ether oxygens (including phenoxy) is 1. The van der Waals surface area contributed by atoms with Crippen LogP contribution in [0.4, 0.5) is 10.1 Å². The van der Waals surface area contributed by atoms with Gasteiger partial charge in [-0.2, -0.15) is 0 Å². The van der Waals surface area contributed by atoms with E-state index >= 15 is 0 Å². The van der Waals surface area contributed by atoms with Gasteiger partial charge in [-0.05, 0) is 60.0 Å². The topological polar surface area (TPSA) is 77.0 Å². The Balaban J connectivity index is 1.58. The molecule has 7 heteroatoms. The van der Waals surface area contributed by atoms with Crippen LogP contribution in [0, 0.1) is 5.82 Å². The van der Waals surface area contributed by atoms with Crippen LogP contribution < -0.4 is 10.1 Å². The molecule has 0 bridgehead atoms. The molecule has 0 aliphatic carbocycles. The molecule has 0 aliphatic heterocycles. The quantitative estimate of drug-likeness (QED) is 0.348. The van der Waals surface area contributed by atoms with Crippen LogP contribution in [0.5, 0.6) is 11.6 Å². The van der Waals surface area contributed by atoms with Crippen molar-refractivity contribution >= 4 is 11.6 Å². The first kappa shape index (κ1) is 23.0. The highest BCUT2D eigenvalue weighted by Gasteiger charge is 2.16. The number of nitrogens with one attached hydrogen (secondary N) is 1. The Labute approximate surface area is 197 Å². The van der Waals surface area contributed by atoms with Crippen LogP contribution in [0.1, 0.15) is 48.4 Å². The average molecular weight is 457 g/mol. The molecule has 4 rings (SSSR count). The molecule has 1 amide bonds. The maximum Gasteiger partial charge on any atom is 0.255 e. The summed E-state index contributed by atoms with van der Waals surface area (Å²) in [5, 5.41) is 2.84. The first-order chi connectivity index (χ1) is 16.4. The second-order valence-electron chi connectivity index (χ2n) is 8.05. The number of carbonyl (C=O) groups excluding carboxylic acids is 1. The third-order valence-electron chi connectivity index (χ3n) is 5.30. The van der Waals surface area contributed by atoms with Gasteiger partial charge >= 0.3 is 0 Å². The van der Waals surface area contributed by atoms with Crippen LogP contribution >= 0.6 is 0 Å². The van der Waals surface area contributed by atoms with Gasteiger partial charge in [-0.15, -0.1) is 0 Å². The molecule has 0 aliphatic rings. The Hall–Kier alpha value is -4.13. The monoisotopic (exact) mass is 456 g/mol. The lowest BCUT2D eigenvalue weighted by Crippen LogP contribution is -2.12. The third-order valence-corrected chi connectivity index (χ3v) is 5.30. The fraction of sp³-hybridized carbons (Fsp3) is 0.185. The van der Waals surface area contributed by atoms with Gasteiger partial charge in [0.25, 0.3) is 5.91 Å². The van der Waals surface area contributed by atoms with Crippen molar-refractivity contribution in [3.63, 3.8) is 0 Å². The minimum atomic E-state index is -0.605. The molecule has 34 heavy (non-hydrogen) atoms. The Morgan fingerprint density at radius 2 is 1.82 bits per heavy atom. The van der Waals surface area contributed by atoms with Gasteiger partial charge in [-0.3, -0.25) is 4.79 Å². The first-order valence-electron chi connectivity index (χ1n) is 11.1. The molecule has 2 aromatic carbocycles. The van der Waals surface area contributed by atoms with Crippen LogP contribution in [0.3, 0.4) is 0 Å². The number of carbonyl (C=O) groups is 1. The highest BCUT2D eigenvalue weighted by molar-refractivity contribution is 6.04. The Morgan fingerprint density at radius 1 is 1.03 bits per heavy atom. The number of halogens is 1. The molecule has 0 fully saturated rings. The lowest BCUT2D eigenvalue weighted by atomic mass is 10.0. The number of aromatic nitrogens is 3. The third kappa shape index (κ3) is 5.26. The number of pyridine rings is 1. The number of nitrogens with zero attached hydrogens (tertiary/aromatic N) is 3. The van der Waals surface area contributed by atoms with Crippen molar-refractivity contribution in [3.05, 3.63) is 95.8 Å². The van der Waals surface area contributed by atoms with Gasteiger partial charge < -0.3 is 10.1 Å². The zero-order valence-corrected chi connectivity index (χ0v) is 19.2. The summed E-state index contributed by atoms with van der Waals surface area (Å²) in [4.78, 5) is 25.8. The average Bonchev–Trinajstić information content (AvgIpc) is 2.86. The highest BCUT2D eigenvalue weighted by atomic mass is 19.1.